The van der Waals surface area contributed by atoms with Crippen molar-refractivity contribution >= 4 is 30.0 Å². The minimum Gasteiger partial charge on any atom is -0.454 e. The van der Waals surface area contributed by atoms with Gasteiger partial charge in [0.05, 0.1) is 36.7 Å². The third-order valence-electron chi connectivity index (χ3n) is 11.0. The summed E-state index contributed by atoms with van der Waals surface area (Å²) in [5.74, 6) is -3.64. The quantitative estimate of drug-likeness (QED) is 0.277. The van der Waals surface area contributed by atoms with Crippen LogP contribution in [0.5, 0.6) is 0 Å². The standard InChI is InChI=1S/C33H38O14/c1-15-20-22(43-28(38)41-7)24(36)31(5)18(40-6)13-19-32(14-42-19,46-16(2)34)23(31)26(44-27(37)17-11-9-8-10-12-17)33(30(20,3)4)25(21(15)35)45-29(39)47-33/h8-12,18-19,21-23,25-26,35H,13-14H2,1-7H3/t18-,19+,21+,22+,23-,25-,26-,31+,32-,33+/m0/s1. The summed E-state index contributed by atoms with van der Waals surface area (Å²) in [5, 5.41) is 11.8. The molecule has 2 saturated heterocycles. The van der Waals surface area contributed by atoms with Gasteiger partial charge in [-0.05, 0) is 37.1 Å². The smallest absolute Gasteiger partial charge is 0.454 e. The summed E-state index contributed by atoms with van der Waals surface area (Å²) in [6, 6.07) is 8.02. The van der Waals surface area contributed by atoms with E-state index in [1.54, 1.807) is 39.0 Å². The van der Waals surface area contributed by atoms with E-state index in [9.17, 15) is 24.3 Å². The predicted molar refractivity (Wildman–Crippen MR) is 156 cm³/mol. The van der Waals surface area contributed by atoms with Gasteiger partial charge in [0.25, 0.3) is 0 Å². The van der Waals surface area contributed by atoms with Gasteiger partial charge in [-0.15, -0.1) is 0 Å². The lowest BCUT2D eigenvalue weighted by molar-refractivity contribution is -0.347. The zero-order valence-corrected chi connectivity index (χ0v) is 27.1. The van der Waals surface area contributed by atoms with Crippen molar-refractivity contribution in [1.82, 2.24) is 0 Å². The number of aliphatic hydroxyl groups is 1. The van der Waals surface area contributed by atoms with Gasteiger partial charge in [0.15, 0.2) is 29.7 Å². The van der Waals surface area contributed by atoms with Crippen molar-refractivity contribution in [2.75, 3.05) is 20.8 Å². The van der Waals surface area contributed by atoms with Crippen molar-refractivity contribution in [3.05, 3.63) is 47.0 Å². The largest absolute Gasteiger partial charge is 0.509 e. The molecule has 14 nitrogen and oxygen atoms in total. The van der Waals surface area contributed by atoms with Gasteiger partial charge in [-0.25, -0.2) is 14.4 Å². The highest BCUT2D eigenvalue weighted by atomic mass is 16.8. The Morgan fingerprint density at radius 3 is 2.28 bits per heavy atom. The molecule has 2 bridgehead atoms. The van der Waals surface area contributed by atoms with Gasteiger partial charge in [0, 0.05) is 25.9 Å². The highest BCUT2D eigenvalue weighted by molar-refractivity contribution is 5.95. The van der Waals surface area contributed by atoms with Crippen molar-refractivity contribution in [3.63, 3.8) is 0 Å². The maximum atomic E-state index is 15.3. The fourth-order valence-electron chi connectivity index (χ4n) is 8.94. The normalized spacial score (nSPS) is 39.7. The molecule has 1 spiro atoms. The van der Waals surface area contributed by atoms with Crippen LogP contribution in [0.15, 0.2) is 41.5 Å². The van der Waals surface area contributed by atoms with E-state index in [4.69, 9.17) is 37.9 Å². The Balaban J connectivity index is 1.73. The van der Waals surface area contributed by atoms with Gasteiger partial charge >= 0.3 is 24.2 Å². The minimum atomic E-state index is -2.09. The van der Waals surface area contributed by atoms with Crippen molar-refractivity contribution < 1.29 is 67.0 Å². The van der Waals surface area contributed by atoms with Crippen LogP contribution >= 0.6 is 0 Å². The number of hydrogen-bond donors (Lipinski definition) is 1. The number of hydrogen-bond acceptors (Lipinski definition) is 14. The molecule has 1 aromatic carbocycles. The highest BCUT2D eigenvalue weighted by Gasteiger charge is 2.83. The van der Waals surface area contributed by atoms with Crippen molar-refractivity contribution in [3.8, 4) is 0 Å². The fraction of sp³-hybridized carbons (Fsp3) is 0.606. The summed E-state index contributed by atoms with van der Waals surface area (Å²) in [7, 11) is 2.46. The maximum absolute atomic E-state index is 15.3. The summed E-state index contributed by atoms with van der Waals surface area (Å²) in [6.45, 7) is 7.28. The molecule has 0 aromatic heterocycles. The fourth-order valence-corrected chi connectivity index (χ4v) is 8.94. The summed E-state index contributed by atoms with van der Waals surface area (Å²) in [5.41, 5.74) is -6.66. The van der Waals surface area contributed by atoms with E-state index in [1.807, 2.05) is 0 Å². The molecule has 4 fully saturated rings. The zero-order valence-electron chi connectivity index (χ0n) is 27.1. The lowest BCUT2D eigenvalue weighted by Crippen LogP contribution is -2.83. The molecule has 0 amide bonds. The average molecular weight is 659 g/mol. The molecule has 2 aliphatic heterocycles. The van der Waals surface area contributed by atoms with Gasteiger partial charge < -0.3 is 43.0 Å². The van der Waals surface area contributed by atoms with Crippen LogP contribution in [-0.4, -0.2) is 104 Å². The summed E-state index contributed by atoms with van der Waals surface area (Å²) in [4.78, 5) is 68.3. The third-order valence-corrected chi connectivity index (χ3v) is 11.0. The molecule has 254 valence electrons. The number of methoxy groups -OCH3 is 2. The first kappa shape index (κ1) is 32.9. The Labute approximate surface area is 270 Å². The second-order valence-electron chi connectivity index (χ2n) is 13.4. The van der Waals surface area contributed by atoms with E-state index >= 15 is 4.79 Å². The van der Waals surface area contributed by atoms with Crippen molar-refractivity contribution in [1.29, 1.82) is 0 Å². The molecule has 1 aromatic rings. The SMILES string of the molecule is COC(=O)O[C@H]1C(=O)[C@]2(C)[C@@H](OC)C[C@H]3OC[C@@]3(OC(C)=O)[C@H]2[C@H](OC(=O)c2ccccc2)[C@]23OC(=O)O[C@H]2[C@H](O)C(C)=C1C3(C)C. The van der Waals surface area contributed by atoms with Crippen LogP contribution in [0.3, 0.4) is 0 Å². The van der Waals surface area contributed by atoms with Crippen molar-refractivity contribution in [2.45, 2.75) is 88.9 Å². The lowest BCUT2D eigenvalue weighted by atomic mass is 9.44. The second-order valence-corrected chi connectivity index (χ2v) is 13.4. The molecular formula is C33H38O14. The highest BCUT2D eigenvalue weighted by Crippen LogP contribution is 2.66. The summed E-state index contributed by atoms with van der Waals surface area (Å²) in [6.07, 6.45) is -10.6. The van der Waals surface area contributed by atoms with Gasteiger partial charge in [-0.1, -0.05) is 32.0 Å². The predicted octanol–water partition coefficient (Wildman–Crippen LogP) is 2.68. The first-order valence-corrected chi connectivity index (χ1v) is 15.3. The molecular weight excluding hydrogens is 620 g/mol. The summed E-state index contributed by atoms with van der Waals surface area (Å²) < 4.78 is 46.7. The Kier molecular flexibility index (Phi) is 7.72. The third kappa shape index (κ3) is 4.30. The Morgan fingerprint density at radius 2 is 1.70 bits per heavy atom. The maximum Gasteiger partial charge on any atom is 0.509 e. The van der Waals surface area contributed by atoms with Gasteiger partial charge in [-0.3, -0.25) is 9.59 Å². The van der Waals surface area contributed by atoms with E-state index in [-0.39, 0.29) is 29.7 Å². The zero-order chi connectivity index (χ0) is 34.3. The molecule has 2 heterocycles. The molecule has 5 aliphatic rings. The average Bonchev–Trinajstić information content (AvgIpc) is 3.39. The topological polar surface area (TPSA) is 179 Å². The van der Waals surface area contributed by atoms with Crippen LogP contribution < -0.4 is 0 Å². The molecule has 3 aliphatic carbocycles. The van der Waals surface area contributed by atoms with Crippen LogP contribution in [0.4, 0.5) is 9.59 Å². The van der Waals surface area contributed by atoms with Crippen LogP contribution in [0.1, 0.15) is 51.4 Å². The number of carbonyl (C=O) groups is 5. The number of aliphatic hydroxyl groups excluding tert-OH is 1. The number of fused-ring (bicyclic) bond motifs is 4. The molecule has 0 radical (unpaired) electrons. The molecule has 2 saturated carbocycles. The van der Waals surface area contributed by atoms with Crippen LogP contribution in [0, 0.1) is 16.7 Å². The van der Waals surface area contributed by atoms with E-state index in [1.165, 1.54) is 33.1 Å². The molecule has 0 unspecified atom stereocenters. The van der Waals surface area contributed by atoms with Gasteiger partial charge in [-0.2, -0.15) is 0 Å². The monoisotopic (exact) mass is 658 g/mol. The van der Waals surface area contributed by atoms with Crippen LogP contribution in [0.25, 0.3) is 0 Å². The van der Waals surface area contributed by atoms with Gasteiger partial charge in [0.2, 0.25) is 5.60 Å². The summed E-state index contributed by atoms with van der Waals surface area (Å²) >= 11 is 0. The number of benzene rings is 1. The second kappa shape index (κ2) is 11.0. The molecule has 47 heavy (non-hydrogen) atoms. The number of ketones is 1. The number of Topliss-reactive ketones (excluding diaryl/α,β-unsaturated/α-hetero) is 1. The Hall–Kier alpha value is -4.01. The number of carbonyl (C=O) groups excluding carboxylic acids is 5. The number of esters is 2. The first-order valence-electron chi connectivity index (χ1n) is 15.3. The number of ether oxygens (including phenoxy) is 8. The molecule has 6 rings (SSSR count). The Morgan fingerprint density at radius 1 is 1.02 bits per heavy atom. The lowest BCUT2D eigenvalue weighted by Gasteiger charge is -2.67. The van der Waals surface area contributed by atoms with Crippen LogP contribution in [-0.2, 0) is 47.5 Å². The van der Waals surface area contributed by atoms with E-state index in [2.05, 4.69) is 0 Å². The Bertz CT molecular complexity index is 1550. The van der Waals surface area contributed by atoms with Crippen molar-refractivity contribution in [2.24, 2.45) is 16.7 Å². The molecule has 14 heteroatoms. The van der Waals surface area contributed by atoms with Crippen LogP contribution in [0.2, 0.25) is 0 Å². The minimum absolute atomic E-state index is 0.0591. The molecule has 10 atom stereocenters. The molecule has 1 N–H and O–H groups in total. The first-order chi connectivity index (χ1) is 22.1. The van der Waals surface area contributed by atoms with E-state index in [0.29, 0.717) is 0 Å². The van der Waals surface area contributed by atoms with E-state index in [0.717, 1.165) is 7.11 Å². The number of rotatable bonds is 5. The van der Waals surface area contributed by atoms with E-state index < -0.39 is 94.6 Å². The van der Waals surface area contributed by atoms with Gasteiger partial charge in [0.1, 0.15) is 12.2 Å².